The molecule has 5 rings (SSSR count). The van der Waals surface area contributed by atoms with E-state index in [9.17, 15) is 4.79 Å². The van der Waals surface area contributed by atoms with Crippen LogP contribution in [0, 0.1) is 0 Å². The molecule has 0 aliphatic carbocycles. The smallest absolute Gasteiger partial charge is 0.257 e. The van der Waals surface area contributed by atoms with Gasteiger partial charge in [0.15, 0.2) is 0 Å². The van der Waals surface area contributed by atoms with Gasteiger partial charge >= 0.3 is 0 Å². The van der Waals surface area contributed by atoms with Crippen LogP contribution in [0.25, 0.3) is 22.0 Å². The van der Waals surface area contributed by atoms with Gasteiger partial charge < -0.3 is 14.5 Å². The zero-order chi connectivity index (χ0) is 26.0. The van der Waals surface area contributed by atoms with Crippen molar-refractivity contribution < 1.29 is 9.53 Å². The highest BCUT2D eigenvalue weighted by Crippen LogP contribution is 2.34. The summed E-state index contributed by atoms with van der Waals surface area (Å²) >= 11 is 0. The quantitative estimate of drug-likeness (QED) is 0.324. The topological polar surface area (TPSA) is 45.7 Å². The highest BCUT2D eigenvalue weighted by Gasteiger charge is 2.31. The summed E-state index contributed by atoms with van der Waals surface area (Å²) in [5.74, 6) is 0.569. The lowest BCUT2D eigenvalue weighted by atomic mass is 9.81. The SMILES string of the molecule is C=C(N1CCN(C(=O)c2ccc(-c3cccc4cccnc34)cc2OC)CC1)C(C)(C)c1ccccc1. The van der Waals surface area contributed by atoms with Crippen LogP contribution in [0.1, 0.15) is 29.8 Å². The van der Waals surface area contributed by atoms with E-state index in [1.165, 1.54) is 5.56 Å². The number of pyridine rings is 1. The van der Waals surface area contributed by atoms with Crippen molar-refractivity contribution in [1.29, 1.82) is 0 Å². The van der Waals surface area contributed by atoms with Crippen molar-refractivity contribution in [3.05, 3.63) is 108 Å². The van der Waals surface area contributed by atoms with Gasteiger partial charge in [0.05, 0.1) is 18.2 Å². The number of methoxy groups -OCH3 is 1. The number of piperazine rings is 1. The molecule has 1 aliphatic heterocycles. The molecule has 1 aromatic heterocycles. The Kier molecular flexibility index (Phi) is 6.70. The summed E-state index contributed by atoms with van der Waals surface area (Å²) in [5.41, 5.74) is 5.65. The van der Waals surface area contributed by atoms with Gasteiger partial charge in [-0.15, -0.1) is 0 Å². The summed E-state index contributed by atoms with van der Waals surface area (Å²) < 4.78 is 5.69. The molecular formula is C32H33N3O2. The highest BCUT2D eigenvalue weighted by molar-refractivity contribution is 5.99. The van der Waals surface area contributed by atoms with E-state index in [0.29, 0.717) is 24.4 Å². The van der Waals surface area contributed by atoms with Crippen LogP contribution in [0.5, 0.6) is 5.75 Å². The monoisotopic (exact) mass is 491 g/mol. The number of carbonyl (C=O) groups is 1. The van der Waals surface area contributed by atoms with E-state index in [0.717, 1.165) is 40.8 Å². The van der Waals surface area contributed by atoms with E-state index < -0.39 is 0 Å². The fourth-order valence-electron chi connectivity index (χ4n) is 5.14. The van der Waals surface area contributed by atoms with Crippen LogP contribution in [-0.4, -0.2) is 54.0 Å². The summed E-state index contributed by atoms with van der Waals surface area (Å²) in [5, 5.41) is 1.08. The van der Waals surface area contributed by atoms with Crippen LogP contribution in [0.2, 0.25) is 0 Å². The van der Waals surface area contributed by atoms with Crippen LogP contribution >= 0.6 is 0 Å². The van der Waals surface area contributed by atoms with Gasteiger partial charge in [0, 0.05) is 54.4 Å². The molecule has 1 amide bonds. The van der Waals surface area contributed by atoms with Crippen molar-refractivity contribution in [1.82, 2.24) is 14.8 Å². The maximum atomic E-state index is 13.5. The maximum absolute atomic E-state index is 13.5. The van der Waals surface area contributed by atoms with Gasteiger partial charge in [0.2, 0.25) is 0 Å². The molecule has 0 saturated carbocycles. The molecule has 0 unspecified atom stereocenters. The Balaban J connectivity index is 1.32. The minimum absolute atomic E-state index is 0.00738. The second kappa shape index (κ2) is 10.1. The standard InChI is InChI=1S/C32H33N3O2/c1-23(32(2,3)26-12-6-5-7-13-26)34-18-20-35(21-19-34)31(36)28-16-15-25(22-29(28)37-4)27-14-8-10-24-11-9-17-33-30(24)27/h5-17,22H,1,18-21H2,2-4H3. The van der Waals surface area contributed by atoms with Crippen molar-refractivity contribution in [3.63, 3.8) is 0 Å². The van der Waals surface area contributed by atoms with E-state index in [-0.39, 0.29) is 11.3 Å². The van der Waals surface area contributed by atoms with Crippen LogP contribution in [0.4, 0.5) is 0 Å². The number of rotatable bonds is 6. The molecule has 5 heteroatoms. The Bertz CT molecular complexity index is 1430. The maximum Gasteiger partial charge on any atom is 0.257 e. The zero-order valence-corrected chi connectivity index (χ0v) is 21.8. The molecular weight excluding hydrogens is 458 g/mol. The fraction of sp³-hybridized carbons (Fsp3) is 0.250. The van der Waals surface area contributed by atoms with Gasteiger partial charge in [-0.25, -0.2) is 0 Å². The first-order valence-electron chi connectivity index (χ1n) is 12.7. The van der Waals surface area contributed by atoms with Crippen molar-refractivity contribution in [2.45, 2.75) is 19.3 Å². The molecule has 1 saturated heterocycles. The van der Waals surface area contributed by atoms with Crippen molar-refractivity contribution >= 4 is 16.8 Å². The van der Waals surface area contributed by atoms with E-state index in [1.807, 2.05) is 41.3 Å². The Morgan fingerprint density at radius 3 is 2.32 bits per heavy atom. The molecule has 0 spiro atoms. The number of allylic oxidation sites excluding steroid dienone is 1. The summed E-state index contributed by atoms with van der Waals surface area (Å²) in [6.07, 6.45) is 1.80. The van der Waals surface area contributed by atoms with E-state index in [1.54, 1.807) is 13.3 Å². The fourth-order valence-corrected chi connectivity index (χ4v) is 5.14. The predicted octanol–water partition coefficient (Wildman–Crippen LogP) is 6.16. The number of carbonyl (C=O) groups excluding carboxylic acids is 1. The Hall–Kier alpha value is -4.12. The minimum Gasteiger partial charge on any atom is -0.496 e. The number of fused-ring (bicyclic) bond motifs is 1. The average molecular weight is 492 g/mol. The normalized spacial score (nSPS) is 14.0. The number of ether oxygens (including phenoxy) is 1. The van der Waals surface area contributed by atoms with Crippen LogP contribution in [0.15, 0.2) is 97.3 Å². The summed E-state index contributed by atoms with van der Waals surface area (Å²) in [6.45, 7) is 11.6. The molecule has 3 aromatic carbocycles. The lowest BCUT2D eigenvalue weighted by molar-refractivity contribution is 0.0656. The molecule has 4 aromatic rings. The van der Waals surface area contributed by atoms with Crippen molar-refractivity contribution in [2.24, 2.45) is 0 Å². The molecule has 2 heterocycles. The first-order chi connectivity index (χ1) is 17.9. The molecule has 0 radical (unpaired) electrons. The summed E-state index contributed by atoms with van der Waals surface area (Å²) in [4.78, 5) is 22.3. The highest BCUT2D eigenvalue weighted by atomic mass is 16.5. The number of hydrogen-bond donors (Lipinski definition) is 0. The van der Waals surface area contributed by atoms with Gasteiger partial charge in [0.1, 0.15) is 5.75 Å². The largest absolute Gasteiger partial charge is 0.496 e. The first kappa shape index (κ1) is 24.6. The zero-order valence-electron chi connectivity index (χ0n) is 21.8. The van der Waals surface area contributed by atoms with Crippen molar-refractivity contribution in [2.75, 3.05) is 33.3 Å². The third-order valence-corrected chi connectivity index (χ3v) is 7.54. The molecule has 0 N–H and O–H groups in total. The van der Waals surface area contributed by atoms with E-state index in [4.69, 9.17) is 4.74 Å². The van der Waals surface area contributed by atoms with E-state index >= 15 is 0 Å². The second-order valence-corrected chi connectivity index (χ2v) is 10.0. The number of para-hydroxylation sites is 1. The van der Waals surface area contributed by atoms with Gasteiger partial charge in [-0.05, 0) is 29.3 Å². The Morgan fingerprint density at radius 2 is 1.59 bits per heavy atom. The molecule has 188 valence electrons. The second-order valence-electron chi connectivity index (χ2n) is 10.0. The number of hydrogen-bond acceptors (Lipinski definition) is 4. The first-order valence-corrected chi connectivity index (χ1v) is 12.7. The third kappa shape index (κ3) is 4.69. The van der Waals surface area contributed by atoms with Crippen molar-refractivity contribution in [3.8, 4) is 16.9 Å². The third-order valence-electron chi connectivity index (χ3n) is 7.54. The van der Waals surface area contributed by atoms with Gasteiger partial charge in [-0.1, -0.05) is 81.1 Å². The Labute approximate surface area is 219 Å². The number of benzene rings is 3. The van der Waals surface area contributed by atoms with E-state index in [2.05, 4.69) is 72.8 Å². The number of amides is 1. The van der Waals surface area contributed by atoms with Gasteiger partial charge in [-0.3, -0.25) is 9.78 Å². The molecule has 1 fully saturated rings. The lowest BCUT2D eigenvalue weighted by Gasteiger charge is -2.42. The molecule has 1 aliphatic rings. The Morgan fingerprint density at radius 1 is 0.892 bits per heavy atom. The predicted molar refractivity (Wildman–Crippen MR) is 150 cm³/mol. The van der Waals surface area contributed by atoms with Gasteiger partial charge in [0.25, 0.3) is 5.91 Å². The summed E-state index contributed by atoms with van der Waals surface area (Å²) in [7, 11) is 1.62. The molecule has 5 nitrogen and oxygen atoms in total. The number of nitrogens with zero attached hydrogens (tertiary/aromatic N) is 3. The number of aromatic nitrogens is 1. The minimum atomic E-state index is -0.178. The van der Waals surface area contributed by atoms with Crippen LogP contribution in [-0.2, 0) is 5.41 Å². The van der Waals surface area contributed by atoms with Crippen LogP contribution < -0.4 is 4.74 Å². The van der Waals surface area contributed by atoms with Crippen LogP contribution in [0.3, 0.4) is 0 Å². The molecule has 37 heavy (non-hydrogen) atoms. The average Bonchev–Trinajstić information content (AvgIpc) is 2.96. The molecule has 0 bridgehead atoms. The summed E-state index contributed by atoms with van der Waals surface area (Å²) in [6, 6.07) is 26.4. The molecule has 0 atom stereocenters. The van der Waals surface area contributed by atoms with Gasteiger partial charge in [-0.2, -0.15) is 0 Å². The lowest BCUT2D eigenvalue weighted by Crippen LogP contribution is -2.50.